The lowest BCUT2D eigenvalue weighted by molar-refractivity contribution is -0.137. The summed E-state index contributed by atoms with van der Waals surface area (Å²) >= 11 is 0. The van der Waals surface area contributed by atoms with Crippen molar-refractivity contribution in [2.75, 3.05) is 0 Å². The van der Waals surface area contributed by atoms with Crippen molar-refractivity contribution in [2.24, 2.45) is 0 Å². The van der Waals surface area contributed by atoms with Gasteiger partial charge in [-0.15, -0.1) is 0 Å². The number of hydrogen-bond acceptors (Lipinski definition) is 2. The molecule has 0 radical (unpaired) electrons. The minimum absolute atomic E-state index is 0.0199. The lowest BCUT2D eigenvalue weighted by atomic mass is 9.73. The van der Waals surface area contributed by atoms with E-state index in [2.05, 4.69) is 5.32 Å². The fourth-order valence-electron chi connectivity index (χ4n) is 4.22. The van der Waals surface area contributed by atoms with Gasteiger partial charge in [0.15, 0.2) is 5.78 Å². The Hall–Kier alpha value is -2.89. The van der Waals surface area contributed by atoms with E-state index >= 15 is 0 Å². The van der Waals surface area contributed by atoms with Crippen LogP contribution in [0.1, 0.15) is 53.4 Å². The number of ketones is 1. The minimum Gasteiger partial charge on any atom is -0.329 e. The highest BCUT2D eigenvalue weighted by Gasteiger charge is 2.38. The van der Waals surface area contributed by atoms with Crippen molar-refractivity contribution in [2.45, 2.75) is 44.2 Å². The maximum Gasteiger partial charge on any atom is 0.416 e. The summed E-state index contributed by atoms with van der Waals surface area (Å²) in [5.41, 5.74) is 3.12. The summed E-state index contributed by atoms with van der Waals surface area (Å²) < 4.78 is 38.6. The molecule has 2 atom stereocenters. The topological polar surface area (TPSA) is 46.2 Å². The number of halogens is 3. The van der Waals surface area contributed by atoms with E-state index in [0.717, 1.165) is 23.3 Å². The van der Waals surface area contributed by atoms with Crippen LogP contribution in [-0.4, -0.2) is 11.7 Å². The predicted octanol–water partition coefficient (Wildman–Crippen LogP) is 5.02. The number of carbonyl (C=O) groups excluding carboxylic acids is 2. The number of benzene rings is 2. The molecule has 1 heterocycles. The van der Waals surface area contributed by atoms with Gasteiger partial charge in [-0.1, -0.05) is 42.0 Å². The Morgan fingerprint density at radius 1 is 0.862 bits per heavy atom. The van der Waals surface area contributed by atoms with E-state index in [9.17, 15) is 22.8 Å². The highest BCUT2D eigenvalue weighted by Crippen LogP contribution is 2.43. The molecular weight excluding hydrogens is 379 g/mol. The molecule has 1 aliphatic heterocycles. The molecule has 2 aromatic carbocycles. The van der Waals surface area contributed by atoms with E-state index < -0.39 is 17.7 Å². The lowest BCUT2D eigenvalue weighted by Crippen LogP contribution is -2.38. The smallest absolute Gasteiger partial charge is 0.329 e. The molecule has 0 saturated carbocycles. The lowest BCUT2D eigenvalue weighted by Gasteiger charge is -2.34. The Morgan fingerprint density at radius 3 is 2.10 bits per heavy atom. The predicted molar refractivity (Wildman–Crippen MR) is 102 cm³/mol. The van der Waals surface area contributed by atoms with Crippen molar-refractivity contribution < 1.29 is 22.8 Å². The third-order valence-corrected chi connectivity index (χ3v) is 5.73. The normalized spacial score (nSPS) is 22.3. The molecule has 6 heteroatoms. The first-order valence-corrected chi connectivity index (χ1v) is 9.52. The van der Waals surface area contributed by atoms with Crippen molar-refractivity contribution in [3.63, 3.8) is 0 Å². The molecule has 0 fully saturated rings. The number of hydrogen-bond donors (Lipinski definition) is 1. The molecule has 0 aromatic heterocycles. The van der Waals surface area contributed by atoms with Gasteiger partial charge in [0, 0.05) is 30.0 Å². The fraction of sp³-hybridized carbons (Fsp3) is 0.304. The van der Waals surface area contributed by atoms with Crippen LogP contribution in [0.15, 0.2) is 59.8 Å². The minimum atomic E-state index is -4.42. The molecule has 0 bridgehead atoms. The number of aryl methyl sites for hydroxylation is 1. The second kappa shape index (κ2) is 7.17. The summed E-state index contributed by atoms with van der Waals surface area (Å²) in [6.45, 7) is 1.99. The summed E-state index contributed by atoms with van der Waals surface area (Å²) in [5.74, 6) is -0.797. The Balaban J connectivity index is 1.67. The van der Waals surface area contributed by atoms with Gasteiger partial charge in [0.25, 0.3) is 0 Å². The number of carbonyl (C=O) groups is 2. The van der Waals surface area contributed by atoms with E-state index in [-0.39, 0.29) is 24.0 Å². The van der Waals surface area contributed by atoms with E-state index in [0.29, 0.717) is 29.7 Å². The zero-order valence-electron chi connectivity index (χ0n) is 15.8. The number of alkyl halides is 3. The van der Waals surface area contributed by atoms with E-state index in [4.69, 9.17) is 0 Å². The first-order chi connectivity index (χ1) is 13.7. The molecule has 1 N–H and O–H groups in total. The molecule has 2 aromatic rings. The largest absolute Gasteiger partial charge is 0.416 e. The molecule has 2 aliphatic rings. The van der Waals surface area contributed by atoms with Gasteiger partial charge in [-0.2, -0.15) is 13.2 Å². The van der Waals surface area contributed by atoms with Gasteiger partial charge in [0.05, 0.1) is 5.56 Å². The number of Topliss-reactive ketones (excluding diaryl/α,β-unsaturated/α-hetero) is 1. The summed E-state index contributed by atoms with van der Waals surface area (Å²) in [6.07, 6.45) is -3.50. The molecule has 1 aliphatic carbocycles. The fourth-order valence-corrected chi connectivity index (χ4v) is 4.22. The highest BCUT2D eigenvalue weighted by atomic mass is 19.4. The standard InChI is InChI=1S/C23H20F3NO2/c1-13-2-4-14(5-3-13)16-10-19-22(20(28)11-16)18(12-21(29)27-19)15-6-8-17(9-7-15)23(24,25)26/h2-9,16,18H,10-12H2,1H3,(H,27,29). The number of amides is 1. The first kappa shape index (κ1) is 19.4. The summed E-state index contributed by atoms with van der Waals surface area (Å²) in [6, 6.07) is 12.7. The maximum atomic E-state index is 13.0. The molecule has 0 spiro atoms. The van der Waals surface area contributed by atoms with Gasteiger partial charge in [-0.25, -0.2) is 0 Å². The van der Waals surface area contributed by atoms with Crippen LogP contribution in [0.2, 0.25) is 0 Å². The zero-order valence-corrected chi connectivity index (χ0v) is 15.8. The molecule has 2 unspecified atom stereocenters. The van der Waals surface area contributed by atoms with Crippen LogP contribution in [0.25, 0.3) is 0 Å². The third-order valence-electron chi connectivity index (χ3n) is 5.73. The molecule has 0 saturated heterocycles. The zero-order chi connectivity index (χ0) is 20.8. The Kier molecular flexibility index (Phi) is 4.81. The van der Waals surface area contributed by atoms with Crippen LogP contribution in [0.5, 0.6) is 0 Å². The van der Waals surface area contributed by atoms with E-state index in [1.807, 2.05) is 31.2 Å². The van der Waals surface area contributed by atoms with Gasteiger partial charge >= 0.3 is 6.18 Å². The van der Waals surface area contributed by atoms with Crippen LogP contribution in [-0.2, 0) is 15.8 Å². The van der Waals surface area contributed by atoms with Crippen molar-refractivity contribution in [3.05, 3.63) is 82.1 Å². The van der Waals surface area contributed by atoms with Gasteiger partial charge in [0.1, 0.15) is 0 Å². The first-order valence-electron chi connectivity index (χ1n) is 9.52. The van der Waals surface area contributed by atoms with Crippen molar-refractivity contribution >= 4 is 11.7 Å². The number of allylic oxidation sites excluding steroid dienone is 2. The van der Waals surface area contributed by atoms with Crippen molar-refractivity contribution in [1.29, 1.82) is 0 Å². The number of nitrogens with one attached hydrogen (secondary N) is 1. The van der Waals surface area contributed by atoms with Crippen LogP contribution in [0.3, 0.4) is 0 Å². The van der Waals surface area contributed by atoms with Gasteiger partial charge in [-0.3, -0.25) is 9.59 Å². The Labute approximate surface area is 166 Å². The molecule has 29 heavy (non-hydrogen) atoms. The molecule has 4 rings (SSSR count). The Bertz CT molecular complexity index is 988. The quantitative estimate of drug-likeness (QED) is 0.771. The maximum absolute atomic E-state index is 13.0. The summed E-state index contributed by atoms with van der Waals surface area (Å²) in [7, 11) is 0. The molecule has 1 amide bonds. The van der Waals surface area contributed by atoms with E-state index in [1.165, 1.54) is 12.1 Å². The highest BCUT2D eigenvalue weighted by molar-refractivity contribution is 6.02. The number of rotatable bonds is 2. The third kappa shape index (κ3) is 3.84. The van der Waals surface area contributed by atoms with Crippen molar-refractivity contribution in [1.82, 2.24) is 5.32 Å². The van der Waals surface area contributed by atoms with Gasteiger partial charge in [0.2, 0.25) is 5.91 Å². The van der Waals surface area contributed by atoms with Gasteiger partial charge < -0.3 is 5.32 Å². The molecule has 150 valence electrons. The molecular formula is C23H20F3NO2. The second-order valence-electron chi connectivity index (χ2n) is 7.76. The van der Waals surface area contributed by atoms with Crippen LogP contribution in [0, 0.1) is 6.92 Å². The van der Waals surface area contributed by atoms with Crippen LogP contribution in [0.4, 0.5) is 13.2 Å². The van der Waals surface area contributed by atoms with Crippen molar-refractivity contribution in [3.8, 4) is 0 Å². The average molecular weight is 399 g/mol. The molecule has 3 nitrogen and oxygen atoms in total. The average Bonchev–Trinajstić information content (AvgIpc) is 2.67. The van der Waals surface area contributed by atoms with E-state index in [1.54, 1.807) is 0 Å². The second-order valence-corrected chi connectivity index (χ2v) is 7.76. The van der Waals surface area contributed by atoms with Crippen LogP contribution < -0.4 is 5.32 Å². The van der Waals surface area contributed by atoms with Crippen LogP contribution >= 0.6 is 0 Å². The summed E-state index contributed by atoms with van der Waals surface area (Å²) in [4.78, 5) is 25.3. The monoisotopic (exact) mass is 399 g/mol. The van der Waals surface area contributed by atoms with Gasteiger partial charge in [-0.05, 0) is 42.5 Å². The summed E-state index contributed by atoms with van der Waals surface area (Å²) in [5, 5.41) is 2.84. The SMILES string of the molecule is Cc1ccc(C2CC(=O)C3=C(C2)NC(=O)CC3c2ccc(C(F)(F)F)cc2)cc1. The Morgan fingerprint density at radius 2 is 1.48 bits per heavy atom.